The Morgan fingerprint density at radius 2 is 1.64 bits per heavy atom. The van der Waals surface area contributed by atoms with Gasteiger partial charge in [-0.15, -0.1) is 0 Å². The number of carbonyl (C=O) groups excluding carboxylic acids is 1. The maximum Gasteiger partial charge on any atom is 0.231 e. The van der Waals surface area contributed by atoms with Crippen molar-refractivity contribution in [3.63, 3.8) is 0 Å². The van der Waals surface area contributed by atoms with Gasteiger partial charge in [0.1, 0.15) is 18.0 Å². The van der Waals surface area contributed by atoms with Crippen molar-refractivity contribution >= 4 is 17.5 Å². The summed E-state index contributed by atoms with van der Waals surface area (Å²) in [6, 6.07) is 1.96. The van der Waals surface area contributed by atoms with Crippen molar-refractivity contribution in [3.8, 4) is 0 Å². The van der Waals surface area contributed by atoms with E-state index in [2.05, 4.69) is 20.2 Å². The molecule has 4 aliphatic carbocycles. The Morgan fingerprint density at radius 3 is 2.28 bits per heavy atom. The molecule has 0 atom stereocenters. The van der Waals surface area contributed by atoms with Gasteiger partial charge in [-0.3, -0.25) is 4.79 Å². The first kappa shape index (κ1) is 15.6. The van der Waals surface area contributed by atoms with Crippen LogP contribution in [-0.4, -0.2) is 29.0 Å². The second-order valence-corrected chi connectivity index (χ2v) is 8.96. The van der Waals surface area contributed by atoms with Gasteiger partial charge in [0.05, 0.1) is 5.41 Å². The average Bonchev–Trinajstić information content (AvgIpc) is 2.61. The predicted molar refractivity (Wildman–Crippen MR) is 97.3 cm³/mol. The molecule has 25 heavy (non-hydrogen) atoms. The van der Waals surface area contributed by atoms with E-state index in [1.54, 1.807) is 6.33 Å². The molecule has 1 aromatic heterocycles. The van der Waals surface area contributed by atoms with Gasteiger partial charge in [0.25, 0.3) is 0 Å². The first-order valence-electron chi connectivity index (χ1n) is 10.1. The molecule has 5 nitrogen and oxygen atoms in total. The number of anilines is 2. The van der Waals surface area contributed by atoms with Crippen molar-refractivity contribution in [2.45, 2.75) is 57.8 Å². The SMILES string of the molecule is O=C(Nc1cc(N2CCCCC2)ncn1)C12CC3CC(CC(C3)C1)C2. The molecule has 0 aromatic carbocycles. The number of amides is 1. The van der Waals surface area contributed by atoms with E-state index in [-0.39, 0.29) is 11.3 Å². The van der Waals surface area contributed by atoms with Gasteiger partial charge in [-0.1, -0.05) is 0 Å². The third-order valence-corrected chi connectivity index (χ3v) is 7.09. The van der Waals surface area contributed by atoms with E-state index in [1.807, 2.05) is 6.07 Å². The molecule has 5 heteroatoms. The van der Waals surface area contributed by atoms with Crippen LogP contribution < -0.4 is 10.2 Å². The van der Waals surface area contributed by atoms with Crippen LogP contribution in [0.4, 0.5) is 11.6 Å². The molecule has 5 fully saturated rings. The standard InChI is InChI=1S/C20H28N4O/c25-19(20-10-14-6-15(11-20)8-16(7-14)12-20)23-17-9-18(22-13-21-17)24-4-2-1-3-5-24/h9,13-16H,1-8,10-12H2,(H,21,22,23,25). The highest BCUT2D eigenvalue weighted by Gasteiger charge is 2.54. The normalized spacial score (nSPS) is 36.5. The second-order valence-electron chi connectivity index (χ2n) is 8.96. The Kier molecular flexibility index (Phi) is 3.72. The smallest absolute Gasteiger partial charge is 0.231 e. The van der Waals surface area contributed by atoms with Gasteiger partial charge in [-0.2, -0.15) is 0 Å². The number of hydrogen-bond donors (Lipinski definition) is 1. The summed E-state index contributed by atoms with van der Waals surface area (Å²) in [6.45, 7) is 2.11. The number of rotatable bonds is 3. The van der Waals surface area contributed by atoms with Crippen molar-refractivity contribution in [3.05, 3.63) is 12.4 Å². The topological polar surface area (TPSA) is 58.1 Å². The van der Waals surface area contributed by atoms with Crippen LogP contribution in [-0.2, 0) is 4.79 Å². The van der Waals surface area contributed by atoms with Crippen molar-refractivity contribution < 1.29 is 4.79 Å². The maximum atomic E-state index is 13.2. The molecule has 5 aliphatic rings. The summed E-state index contributed by atoms with van der Waals surface area (Å²) in [5, 5.41) is 3.16. The third kappa shape index (κ3) is 2.81. The van der Waals surface area contributed by atoms with Crippen LogP contribution in [0.5, 0.6) is 0 Å². The Morgan fingerprint density at radius 1 is 1.00 bits per heavy atom. The van der Waals surface area contributed by atoms with E-state index >= 15 is 0 Å². The van der Waals surface area contributed by atoms with Crippen molar-refractivity contribution in [1.82, 2.24) is 9.97 Å². The first-order chi connectivity index (χ1) is 12.2. The second kappa shape index (κ2) is 5.96. The monoisotopic (exact) mass is 340 g/mol. The lowest BCUT2D eigenvalue weighted by Crippen LogP contribution is -2.51. The van der Waals surface area contributed by atoms with Crippen LogP contribution in [0.15, 0.2) is 12.4 Å². The molecule has 0 radical (unpaired) electrons. The van der Waals surface area contributed by atoms with Gasteiger partial charge in [0.2, 0.25) is 5.91 Å². The molecule has 1 aromatic rings. The largest absolute Gasteiger partial charge is 0.356 e. The summed E-state index contributed by atoms with van der Waals surface area (Å²) < 4.78 is 0. The number of nitrogens with zero attached hydrogens (tertiary/aromatic N) is 3. The Balaban J connectivity index is 1.33. The van der Waals surface area contributed by atoms with E-state index in [9.17, 15) is 4.79 Å². The quantitative estimate of drug-likeness (QED) is 0.913. The zero-order valence-corrected chi connectivity index (χ0v) is 14.9. The van der Waals surface area contributed by atoms with Crippen LogP contribution >= 0.6 is 0 Å². The fraction of sp³-hybridized carbons (Fsp3) is 0.750. The van der Waals surface area contributed by atoms with E-state index in [1.165, 1.54) is 38.5 Å². The van der Waals surface area contributed by atoms with E-state index < -0.39 is 0 Å². The van der Waals surface area contributed by atoms with Crippen LogP contribution in [0, 0.1) is 23.2 Å². The minimum absolute atomic E-state index is 0.120. The molecule has 134 valence electrons. The lowest BCUT2D eigenvalue weighted by atomic mass is 9.49. The molecule has 1 amide bonds. The van der Waals surface area contributed by atoms with Crippen LogP contribution in [0.25, 0.3) is 0 Å². The van der Waals surface area contributed by atoms with Gasteiger partial charge >= 0.3 is 0 Å². The van der Waals surface area contributed by atoms with Crippen LogP contribution in [0.2, 0.25) is 0 Å². The van der Waals surface area contributed by atoms with Crippen molar-refractivity contribution in [2.24, 2.45) is 23.2 Å². The molecule has 0 unspecified atom stereocenters. The molecule has 2 heterocycles. The van der Waals surface area contributed by atoms with Gasteiger partial charge in [-0.05, 0) is 75.5 Å². The third-order valence-electron chi connectivity index (χ3n) is 7.09. The zero-order chi connectivity index (χ0) is 16.9. The number of carbonyl (C=O) groups is 1. The lowest BCUT2D eigenvalue weighted by molar-refractivity contribution is -0.140. The summed E-state index contributed by atoms with van der Waals surface area (Å²) in [5.41, 5.74) is -0.120. The molecular formula is C20H28N4O. The zero-order valence-electron chi connectivity index (χ0n) is 14.9. The predicted octanol–water partition coefficient (Wildman–Crippen LogP) is 3.62. The van der Waals surface area contributed by atoms with Gasteiger partial charge in [0, 0.05) is 19.2 Å². The Bertz CT molecular complexity index is 632. The molecule has 6 rings (SSSR count). The maximum absolute atomic E-state index is 13.2. The molecule has 4 bridgehead atoms. The number of piperidine rings is 1. The van der Waals surface area contributed by atoms with Crippen molar-refractivity contribution in [1.29, 1.82) is 0 Å². The highest BCUT2D eigenvalue weighted by atomic mass is 16.2. The van der Waals surface area contributed by atoms with Gasteiger partial charge in [-0.25, -0.2) is 9.97 Å². The highest BCUT2D eigenvalue weighted by Crippen LogP contribution is 2.60. The van der Waals surface area contributed by atoms with Crippen LogP contribution in [0.3, 0.4) is 0 Å². The summed E-state index contributed by atoms with van der Waals surface area (Å²) in [7, 11) is 0. The lowest BCUT2D eigenvalue weighted by Gasteiger charge is -2.55. The van der Waals surface area contributed by atoms with E-state index in [4.69, 9.17) is 0 Å². The minimum Gasteiger partial charge on any atom is -0.356 e. The summed E-state index contributed by atoms with van der Waals surface area (Å²) in [4.78, 5) is 24.2. The van der Waals surface area contributed by atoms with Crippen LogP contribution in [0.1, 0.15) is 57.8 Å². The summed E-state index contributed by atoms with van der Waals surface area (Å²) in [5.74, 6) is 4.20. The molecule has 1 saturated heterocycles. The molecule has 1 aliphatic heterocycles. The Hall–Kier alpha value is -1.65. The molecule has 1 N–H and O–H groups in total. The average molecular weight is 340 g/mol. The molecule has 0 spiro atoms. The highest BCUT2D eigenvalue weighted by molar-refractivity contribution is 5.95. The number of hydrogen-bond acceptors (Lipinski definition) is 4. The number of nitrogens with one attached hydrogen (secondary N) is 1. The van der Waals surface area contributed by atoms with Gasteiger partial charge in [0.15, 0.2) is 0 Å². The van der Waals surface area contributed by atoms with Gasteiger partial charge < -0.3 is 10.2 Å². The molecule has 4 saturated carbocycles. The number of aromatic nitrogens is 2. The minimum atomic E-state index is -0.120. The fourth-order valence-electron chi connectivity index (χ4n) is 6.35. The van der Waals surface area contributed by atoms with E-state index in [0.717, 1.165) is 55.9 Å². The summed E-state index contributed by atoms with van der Waals surface area (Å²) in [6.07, 6.45) is 12.7. The van der Waals surface area contributed by atoms with Crippen molar-refractivity contribution in [2.75, 3.05) is 23.3 Å². The summed E-state index contributed by atoms with van der Waals surface area (Å²) >= 11 is 0. The first-order valence-corrected chi connectivity index (χ1v) is 10.1. The molecular weight excluding hydrogens is 312 g/mol. The fourth-order valence-corrected chi connectivity index (χ4v) is 6.35. The Labute approximate surface area is 149 Å². The van der Waals surface area contributed by atoms with E-state index in [0.29, 0.717) is 5.82 Å².